The van der Waals surface area contributed by atoms with E-state index < -0.39 is 5.97 Å². The van der Waals surface area contributed by atoms with Gasteiger partial charge in [0, 0.05) is 5.92 Å². The Morgan fingerprint density at radius 3 is 2.64 bits per heavy atom. The minimum atomic E-state index is -1.08. The quantitative estimate of drug-likeness (QED) is 0.739. The van der Waals surface area contributed by atoms with Crippen LogP contribution in [0.2, 0.25) is 0 Å². The number of ether oxygens (including phenoxy) is 1. The Balaban J connectivity index is 1.43. The zero-order valence-electron chi connectivity index (χ0n) is 13.6. The summed E-state index contributed by atoms with van der Waals surface area (Å²) in [6.45, 7) is 0.207. The summed E-state index contributed by atoms with van der Waals surface area (Å²) in [5, 5.41) is 8.85. The average molecular weight is 334 g/mol. The fourth-order valence-corrected chi connectivity index (χ4v) is 3.42. The van der Waals surface area contributed by atoms with Crippen molar-refractivity contribution in [2.75, 3.05) is 0 Å². The van der Waals surface area contributed by atoms with Crippen LogP contribution in [0.25, 0.3) is 0 Å². The summed E-state index contributed by atoms with van der Waals surface area (Å²) in [6.07, 6.45) is 2.27. The molecule has 1 aliphatic carbocycles. The van der Waals surface area contributed by atoms with Crippen molar-refractivity contribution in [2.24, 2.45) is 0 Å². The van der Waals surface area contributed by atoms with E-state index in [2.05, 4.69) is 36.4 Å². The molecule has 0 spiro atoms. The second-order valence-corrected chi connectivity index (χ2v) is 6.22. The van der Waals surface area contributed by atoms with Gasteiger partial charge in [-0.25, -0.2) is 4.79 Å². The second kappa shape index (κ2) is 6.48. The molecule has 0 amide bonds. The fourth-order valence-electron chi connectivity index (χ4n) is 3.42. The van der Waals surface area contributed by atoms with E-state index >= 15 is 0 Å². The van der Waals surface area contributed by atoms with E-state index in [4.69, 9.17) is 14.3 Å². The lowest BCUT2D eigenvalue weighted by Gasteiger charge is -2.13. The molecule has 4 heteroatoms. The van der Waals surface area contributed by atoms with E-state index in [1.54, 1.807) is 6.07 Å². The fraction of sp³-hybridized carbons (Fsp3) is 0.190. The van der Waals surface area contributed by atoms with Crippen molar-refractivity contribution in [1.82, 2.24) is 0 Å². The standard InChI is InChI=1S/C21H18O4/c22-21(23)20-12-10-17(25-20)13-24-16-8-5-15(6-9-16)19-11-7-14-3-1-2-4-18(14)19/h1-6,8-10,12,19H,7,11,13H2,(H,22,23). The first-order chi connectivity index (χ1) is 12.2. The van der Waals surface area contributed by atoms with Crippen LogP contribution in [0.3, 0.4) is 0 Å². The van der Waals surface area contributed by atoms with Crippen LogP contribution in [-0.2, 0) is 13.0 Å². The highest BCUT2D eigenvalue weighted by molar-refractivity contribution is 5.84. The summed E-state index contributed by atoms with van der Waals surface area (Å²) in [7, 11) is 0. The van der Waals surface area contributed by atoms with Gasteiger partial charge in [0.1, 0.15) is 18.1 Å². The van der Waals surface area contributed by atoms with Gasteiger partial charge < -0.3 is 14.3 Å². The van der Waals surface area contributed by atoms with E-state index in [0.29, 0.717) is 11.7 Å². The lowest BCUT2D eigenvalue weighted by Crippen LogP contribution is -1.98. The Labute approximate surface area is 145 Å². The monoisotopic (exact) mass is 334 g/mol. The molecule has 2 aromatic carbocycles. The molecule has 4 rings (SSSR count). The number of aryl methyl sites for hydroxylation is 1. The molecule has 1 atom stereocenters. The summed E-state index contributed by atoms with van der Waals surface area (Å²) < 4.78 is 10.9. The lowest BCUT2D eigenvalue weighted by atomic mass is 9.93. The minimum Gasteiger partial charge on any atom is -0.486 e. The van der Waals surface area contributed by atoms with Crippen molar-refractivity contribution in [3.8, 4) is 5.75 Å². The van der Waals surface area contributed by atoms with Gasteiger partial charge in [0.05, 0.1) is 0 Å². The number of rotatable bonds is 5. The van der Waals surface area contributed by atoms with Crippen LogP contribution in [0.5, 0.6) is 5.75 Å². The molecule has 1 N–H and O–H groups in total. The maximum atomic E-state index is 10.8. The van der Waals surface area contributed by atoms with Crippen molar-refractivity contribution in [2.45, 2.75) is 25.4 Å². The van der Waals surface area contributed by atoms with Crippen LogP contribution in [0.1, 0.15) is 45.3 Å². The van der Waals surface area contributed by atoms with Gasteiger partial charge in [0.25, 0.3) is 0 Å². The average Bonchev–Trinajstić information content (AvgIpc) is 3.28. The molecule has 1 unspecified atom stereocenters. The Kier molecular flexibility index (Phi) is 4.02. The predicted octanol–water partition coefficient (Wildman–Crippen LogP) is 4.63. The maximum absolute atomic E-state index is 10.8. The van der Waals surface area contributed by atoms with Crippen molar-refractivity contribution < 1.29 is 19.1 Å². The number of furan rings is 1. The van der Waals surface area contributed by atoms with E-state index in [1.807, 2.05) is 12.1 Å². The Morgan fingerprint density at radius 2 is 1.88 bits per heavy atom. The van der Waals surface area contributed by atoms with Crippen molar-refractivity contribution in [3.63, 3.8) is 0 Å². The number of aromatic carboxylic acids is 1. The summed E-state index contributed by atoms with van der Waals surface area (Å²) >= 11 is 0. The molecule has 0 saturated carbocycles. The van der Waals surface area contributed by atoms with Gasteiger partial charge in [-0.1, -0.05) is 36.4 Å². The number of benzene rings is 2. The molecule has 4 nitrogen and oxygen atoms in total. The van der Waals surface area contributed by atoms with E-state index in [0.717, 1.165) is 18.6 Å². The summed E-state index contributed by atoms with van der Waals surface area (Å²) in [6, 6.07) is 19.8. The number of fused-ring (bicyclic) bond motifs is 1. The molecule has 0 saturated heterocycles. The Hall–Kier alpha value is -3.01. The summed E-state index contributed by atoms with van der Waals surface area (Å²) in [5.74, 6) is 0.532. The van der Waals surface area contributed by atoms with Gasteiger partial charge in [0.15, 0.2) is 0 Å². The third kappa shape index (κ3) is 3.15. The molecule has 3 aromatic rings. The minimum absolute atomic E-state index is 0.0751. The van der Waals surface area contributed by atoms with Gasteiger partial charge in [-0.15, -0.1) is 0 Å². The first-order valence-electron chi connectivity index (χ1n) is 8.33. The third-order valence-electron chi connectivity index (χ3n) is 4.67. The predicted molar refractivity (Wildman–Crippen MR) is 93.0 cm³/mol. The van der Waals surface area contributed by atoms with Gasteiger partial charge in [0.2, 0.25) is 5.76 Å². The Bertz CT molecular complexity index is 892. The van der Waals surface area contributed by atoms with E-state index in [-0.39, 0.29) is 12.4 Å². The number of hydrogen-bond acceptors (Lipinski definition) is 3. The van der Waals surface area contributed by atoms with Crippen molar-refractivity contribution in [3.05, 3.63) is 88.9 Å². The molecule has 0 bridgehead atoms. The van der Waals surface area contributed by atoms with Crippen molar-refractivity contribution >= 4 is 5.97 Å². The summed E-state index contributed by atoms with van der Waals surface area (Å²) in [4.78, 5) is 10.8. The topological polar surface area (TPSA) is 59.7 Å². The first-order valence-corrected chi connectivity index (χ1v) is 8.33. The highest BCUT2D eigenvalue weighted by Crippen LogP contribution is 2.38. The molecule has 25 heavy (non-hydrogen) atoms. The van der Waals surface area contributed by atoms with Crippen molar-refractivity contribution in [1.29, 1.82) is 0 Å². The SMILES string of the molecule is O=C(O)c1ccc(COc2ccc(C3CCc4ccccc43)cc2)o1. The number of hydrogen-bond donors (Lipinski definition) is 1. The van der Waals surface area contributed by atoms with Crippen LogP contribution in [0, 0.1) is 0 Å². The van der Waals surface area contributed by atoms with Crippen LogP contribution in [-0.4, -0.2) is 11.1 Å². The maximum Gasteiger partial charge on any atom is 0.371 e. The van der Waals surface area contributed by atoms with Gasteiger partial charge in [-0.2, -0.15) is 0 Å². The first kappa shape index (κ1) is 15.5. The van der Waals surface area contributed by atoms with Gasteiger partial charge in [-0.05, 0) is 53.8 Å². The number of carboxylic acid groups (broad SMARTS) is 1. The second-order valence-electron chi connectivity index (χ2n) is 6.22. The molecular formula is C21H18O4. The lowest BCUT2D eigenvalue weighted by molar-refractivity contribution is 0.0658. The van der Waals surface area contributed by atoms with Crippen LogP contribution >= 0.6 is 0 Å². The zero-order chi connectivity index (χ0) is 17.2. The normalized spacial score (nSPS) is 15.8. The molecule has 0 radical (unpaired) electrons. The largest absolute Gasteiger partial charge is 0.486 e. The van der Waals surface area contributed by atoms with Gasteiger partial charge >= 0.3 is 5.97 Å². The summed E-state index contributed by atoms with van der Waals surface area (Å²) in [5.41, 5.74) is 4.16. The zero-order valence-corrected chi connectivity index (χ0v) is 13.6. The highest BCUT2D eigenvalue weighted by Gasteiger charge is 2.23. The molecule has 1 aromatic heterocycles. The smallest absolute Gasteiger partial charge is 0.371 e. The molecule has 1 aliphatic rings. The molecule has 0 fully saturated rings. The molecule has 126 valence electrons. The molecule has 1 heterocycles. The number of carbonyl (C=O) groups is 1. The van der Waals surface area contributed by atoms with Gasteiger partial charge in [-0.3, -0.25) is 0 Å². The van der Waals surface area contributed by atoms with Crippen LogP contribution in [0.15, 0.2) is 65.1 Å². The third-order valence-corrected chi connectivity index (χ3v) is 4.67. The molecular weight excluding hydrogens is 316 g/mol. The van der Waals surface area contributed by atoms with E-state index in [1.165, 1.54) is 22.8 Å². The number of carboxylic acids is 1. The van der Waals surface area contributed by atoms with Crippen LogP contribution < -0.4 is 4.74 Å². The Morgan fingerprint density at radius 1 is 1.08 bits per heavy atom. The van der Waals surface area contributed by atoms with Crippen LogP contribution in [0.4, 0.5) is 0 Å². The highest BCUT2D eigenvalue weighted by atomic mass is 16.5. The van der Waals surface area contributed by atoms with E-state index in [9.17, 15) is 4.79 Å². The molecule has 0 aliphatic heterocycles.